The summed E-state index contributed by atoms with van der Waals surface area (Å²) in [6.07, 6.45) is -1.02. The summed E-state index contributed by atoms with van der Waals surface area (Å²) in [7, 11) is 1.49. The Morgan fingerprint density at radius 3 is 2.52 bits per heavy atom. The number of ether oxygens (including phenoxy) is 3. The van der Waals surface area contributed by atoms with Gasteiger partial charge in [0, 0.05) is 5.56 Å². The van der Waals surface area contributed by atoms with Gasteiger partial charge in [-0.1, -0.05) is 24.3 Å². The van der Waals surface area contributed by atoms with Gasteiger partial charge in [-0.05, 0) is 38.1 Å². The van der Waals surface area contributed by atoms with Gasteiger partial charge in [-0.3, -0.25) is 9.59 Å². The molecule has 142 valence electrons. The van der Waals surface area contributed by atoms with E-state index in [-0.39, 0.29) is 12.4 Å². The molecule has 7 heteroatoms. The lowest BCUT2D eigenvalue weighted by Crippen LogP contribution is -2.31. The number of Topliss-reactive ketones (excluding diaryl/α,β-unsaturated/α-hetero) is 1. The largest absolute Gasteiger partial charge is 0.495 e. The van der Waals surface area contributed by atoms with Crippen LogP contribution in [0.1, 0.15) is 24.2 Å². The predicted octanol–water partition coefficient (Wildman–Crippen LogP) is 2.85. The molecule has 0 aromatic heterocycles. The van der Waals surface area contributed by atoms with Crippen LogP contribution in [0, 0.1) is 0 Å². The van der Waals surface area contributed by atoms with Gasteiger partial charge in [0.15, 0.2) is 18.5 Å². The number of anilines is 1. The highest BCUT2D eigenvalue weighted by atomic mass is 16.6. The van der Waals surface area contributed by atoms with E-state index < -0.39 is 18.0 Å². The lowest BCUT2D eigenvalue weighted by molar-refractivity contribution is -0.155. The lowest BCUT2D eigenvalue weighted by atomic mass is 10.1. The number of ketones is 1. The van der Waals surface area contributed by atoms with Crippen molar-refractivity contribution in [2.24, 2.45) is 0 Å². The van der Waals surface area contributed by atoms with Gasteiger partial charge in [0.2, 0.25) is 0 Å². The normalized spacial score (nSPS) is 11.2. The van der Waals surface area contributed by atoms with Crippen molar-refractivity contribution < 1.29 is 28.6 Å². The molecule has 2 rings (SSSR count). The van der Waals surface area contributed by atoms with Crippen molar-refractivity contribution in [2.75, 3.05) is 19.0 Å². The molecule has 1 atom stereocenters. The Balaban J connectivity index is 1.86. The molecule has 0 unspecified atom stereocenters. The van der Waals surface area contributed by atoms with E-state index >= 15 is 0 Å². The molecule has 7 nitrogen and oxygen atoms in total. The van der Waals surface area contributed by atoms with E-state index in [0.29, 0.717) is 22.7 Å². The van der Waals surface area contributed by atoms with Crippen LogP contribution in [0.15, 0.2) is 48.5 Å². The van der Waals surface area contributed by atoms with Crippen molar-refractivity contribution in [1.82, 2.24) is 0 Å². The zero-order chi connectivity index (χ0) is 19.8. The number of nitrogens with one attached hydrogen (secondary N) is 1. The van der Waals surface area contributed by atoms with E-state index in [9.17, 15) is 14.4 Å². The zero-order valence-electron chi connectivity index (χ0n) is 15.4. The van der Waals surface area contributed by atoms with Crippen LogP contribution < -0.4 is 14.8 Å². The standard InChI is InChI=1S/C20H21NO6/c1-13(22)15-7-6-8-16(11-15)26-12-19(23)27-14(2)20(24)21-17-9-4-5-10-18(17)25-3/h4-11,14H,12H2,1-3H3,(H,21,24)/t14-/m1/s1. The summed E-state index contributed by atoms with van der Waals surface area (Å²) in [6.45, 7) is 2.52. The van der Waals surface area contributed by atoms with Crippen LogP contribution in [-0.2, 0) is 14.3 Å². The highest BCUT2D eigenvalue weighted by Crippen LogP contribution is 2.23. The van der Waals surface area contributed by atoms with Crippen molar-refractivity contribution in [2.45, 2.75) is 20.0 Å². The van der Waals surface area contributed by atoms with E-state index in [2.05, 4.69) is 5.32 Å². The first-order valence-corrected chi connectivity index (χ1v) is 8.28. The molecule has 0 aliphatic carbocycles. The number of amides is 1. The second-order valence-electron chi connectivity index (χ2n) is 5.69. The van der Waals surface area contributed by atoms with Gasteiger partial charge >= 0.3 is 5.97 Å². The van der Waals surface area contributed by atoms with Crippen LogP contribution in [0.5, 0.6) is 11.5 Å². The van der Waals surface area contributed by atoms with Gasteiger partial charge in [0.1, 0.15) is 11.5 Å². The summed E-state index contributed by atoms with van der Waals surface area (Å²) >= 11 is 0. The summed E-state index contributed by atoms with van der Waals surface area (Å²) < 4.78 is 15.5. The van der Waals surface area contributed by atoms with Crippen molar-refractivity contribution in [1.29, 1.82) is 0 Å². The second-order valence-corrected chi connectivity index (χ2v) is 5.69. The van der Waals surface area contributed by atoms with Gasteiger partial charge < -0.3 is 19.5 Å². The van der Waals surface area contributed by atoms with Crippen molar-refractivity contribution in [3.8, 4) is 11.5 Å². The smallest absolute Gasteiger partial charge is 0.344 e. The Morgan fingerprint density at radius 2 is 1.81 bits per heavy atom. The molecule has 0 heterocycles. The fraction of sp³-hybridized carbons (Fsp3) is 0.250. The molecule has 2 aromatic carbocycles. The Labute approximate surface area is 157 Å². The number of benzene rings is 2. The molecule has 0 fully saturated rings. The topological polar surface area (TPSA) is 90.9 Å². The van der Waals surface area contributed by atoms with Gasteiger partial charge in [0.25, 0.3) is 5.91 Å². The third kappa shape index (κ3) is 5.85. The summed E-state index contributed by atoms with van der Waals surface area (Å²) in [5.74, 6) is -0.439. The monoisotopic (exact) mass is 371 g/mol. The molecule has 0 aliphatic rings. The van der Waals surface area contributed by atoms with Crippen LogP contribution in [0.4, 0.5) is 5.69 Å². The van der Waals surface area contributed by atoms with Gasteiger partial charge in [-0.2, -0.15) is 0 Å². The molecule has 0 saturated heterocycles. The number of carbonyl (C=O) groups excluding carboxylic acids is 3. The highest BCUT2D eigenvalue weighted by Gasteiger charge is 2.19. The molecule has 0 saturated carbocycles. The number of methoxy groups -OCH3 is 1. The summed E-state index contributed by atoms with van der Waals surface area (Å²) in [4.78, 5) is 35.4. The minimum atomic E-state index is -1.02. The molecule has 1 amide bonds. The van der Waals surface area contributed by atoms with E-state index in [0.717, 1.165) is 0 Å². The van der Waals surface area contributed by atoms with E-state index in [1.807, 2.05) is 0 Å². The second kappa shape index (κ2) is 9.38. The fourth-order valence-electron chi connectivity index (χ4n) is 2.21. The maximum absolute atomic E-state index is 12.2. The molecular formula is C20H21NO6. The maximum atomic E-state index is 12.2. The molecule has 2 aromatic rings. The van der Waals surface area contributed by atoms with Crippen LogP contribution in [-0.4, -0.2) is 37.5 Å². The number of carbonyl (C=O) groups is 3. The Kier molecular flexibility index (Phi) is 6.93. The third-order valence-corrected chi connectivity index (χ3v) is 3.64. The van der Waals surface area contributed by atoms with Crippen LogP contribution in [0.25, 0.3) is 0 Å². The molecule has 0 aliphatic heterocycles. The Bertz CT molecular complexity index is 833. The number of hydrogen-bond acceptors (Lipinski definition) is 6. The van der Waals surface area contributed by atoms with Gasteiger partial charge in [-0.15, -0.1) is 0 Å². The molecule has 1 N–H and O–H groups in total. The highest BCUT2D eigenvalue weighted by molar-refractivity contribution is 5.96. The first kappa shape index (κ1) is 20.0. The van der Waals surface area contributed by atoms with Gasteiger partial charge in [0.05, 0.1) is 12.8 Å². The van der Waals surface area contributed by atoms with E-state index in [4.69, 9.17) is 14.2 Å². The predicted molar refractivity (Wildman–Crippen MR) is 99.1 cm³/mol. The minimum absolute atomic E-state index is 0.107. The first-order valence-electron chi connectivity index (χ1n) is 8.28. The summed E-state index contributed by atoms with van der Waals surface area (Å²) in [6, 6.07) is 13.4. The molecule has 0 bridgehead atoms. The van der Waals surface area contributed by atoms with E-state index in [1.165, 1.54) is 27.0 Å². The molecule has 0 radical (unpaired) electrons. The van der Waals surface area contributed by atoms with Crippen molar-refractivity contribution >= 4 is 23.3 Å². The number of rotatable bonds is 8. The average Bonchev–Trinajstić information content (AvgIpc) is 2.67. The molecule has 0 spiro atoms. The molecule has 27 heavy (non-hydrogen) atoms. The van der Waals surface area contributed by atoms with Crippen LogP contribution in [0.3, 0.4) is 0 Å². The fourth-order valence-corrected chi connectivity index (χ4v) is 2.21. The zero-order valence-corrected chi connectivity index (χ0v) is 15.4. The van der Waals surface area contributed by atoms with Gasteiger partial charge in [-0.25, -0.2) is 4.79 Å². The van der Waals surface area contributed by atoms with Crippen LogP contribution in [0.2, 0.25) is 0 Å². The maximum Gasteiger partial charge on any atom is 0.344 e. The quantitative estimate of drug-likeness (QED) is 0.567. The number of hydrogen-bond donors (Lipinski definition) is 1. The van der Waals surface area contributed by atoms with E-state index in [1.54, 1.807) is 42.5 Å². The Hall–Kier alpha value is -3.35. The lowest BCUT2D eigenvalue weighted by Gasteiger charge is -2.15. The van der Waals surface area contributed by atoms with Crippen molar-refractivity contribution in [3.63, 3.8) is 0 Å². The van der Waals surface area contributed by atoms with Crippen molar-refractivity contribution in [3.05, 3.63) is 54.1 Å². The SMILES string of the molecule is COc1ccccc1NC(=O)[C@@H](C)OC(=O)COc1cccc(C(C)=O)c1. The first-order chi connectivity index (χ1) is 12.9. The third-order valence-electron chi connectivity index (χ3n) is 3.64. The number of esters is 1. The number of para-hydroxylation sites is 2. The summed E-state index contributed by atoms with van der Waals surface area (Å²) in [5, 5.41) is 2.64. The Morgan fingerprint density at radius 1 is 1.07 bits per heavy atom. The average molecular weight is 371 g/mol. The summed E-state index contributed by atoms with van der Waals surface area (Å²) in [5.41, 5.74) is 0.954. The minimum Gasteiger partial charge on any atom is -0.495 e. The molecular weight excluding hydrogens is 350 g/mol. The van der Waals surface area contributed by atoms with Crippen LogP contribution >= 0.6 is 0 Å².